The van der Waals surface area contributed by atoms with Crippen molar-refractivity contribution in [2.75, 3.05) is 4.90 Å². The van der Waals surface area contributed by atoms with Gasteiger partial charge >= 0.3 is 0 Å². The topological polar surface area (TPSA) is 13.1 Å². The van der Waals surface area contributed by atoms with Crippen molar-refractivity contribution in [3.8, 4) is 67.0 Å². The van der Waals surface area contributed by atoms with Gasteiger partial charge in [-0.1, -0.05) is 212 Å². The Morgan fingerprint density at radius 2 is 0.570 bits per heavy atom. The number of para-hydroxylation sites is 4. The third-order valence-electron chi connectivity index (χ3n) is 15.9. The normalized spacial score (nSPS) is 11.5. The lowest BCUT2D eigenvalue weighted by molar-refractivity contribution is 1.18. The summed E-state index contributed by atoms with van der Waals surface area (Å²) in [6.07, 6.45) is 0. The van der Waals surface area contributed by atoms with Crippen LogP contribution in [0.15, 0.2) is 309 Å². The van der Waals surface area contributed by atoms with Crippen molar-refractivity contribution in [3.63, 3.8) is 0 Å². The lowest BCUT2D eigenvalue weighted by Gasteiger charge is -2.26. The Bertz CT molecular complexity index is 4700. The van der Waals surface area contributed by atoms with Crippen LogP contribution in [-0.4, -0.2) is 9.13 Å². The Labute approximate surface area is 459 Å². The molecule has 0 unspecified atom stereocenters. The van der Waals surface area contributed by atoms with Crippen molar-refractivity contribution in [1.82, 2.24) is 9.13 Å². The molecule has 0 aliphatic carbocycles. The Balaban J connectivity index is 0.782. The lowest BCUT2D eigenvalue weighted by atomic mass is 9.95. The second-order valence-electron chi connectivity index (χ2n) is 20.5. The maximum absolute atomic E-state index is 2.39. The van der Waals surface area contributed by atoms with Gasteiger partial charge in [-0.05, 0) is 163 Å². The lowest BCUT2D eigenvalue weighted by Crippen LogP contribution is -2.09. The maximum atomic E-state index is 2.39. The fraction of sp³-hybridized carbons (Fsp3) is 0. The van der Waals surface area contributed by atoms with Crippen LogP contribution < -0.4 is 4.90 Å². The minimum Gasteiger partial charge on any atom is -0.311 e. The summed E-state index contributed by atoms with van der Waals surface area (Å²) >= 11 is 0. The van der Waals surface area contributed by atoms with E-state index in [0.717, 1.165) is 45.1 Å². The third-order valence-corrected chi connectivity index (χ3v) is 15.9. The van der Waals surface area contributed by atoms with Gasteiger partial charge in [0.2, 0.25) is 0 Å². The first kappa shape index (κ1) is 45.9. The van der Waals surface area contributed by atoms with Crippen LogP contribution in [-0.2, 0) is 0 Å². The molecule has 0 bridgehead atoms. The molecule has 0 saturated carbocycles. The highest BCUT2D eigenvalue weighted by molar-refractivity contribution is 6.11. The molecule has 0 spiro atoms. The number of hydrogen-bond acceptors (Lipinski definition) is 1. The fourth-order valence-corrected chi connectivity index (χ4v) is 12.1. The van der Waals surface area contributed by atoms with E-state index in [9.17, 15) is 0 Å². The Morgan fingerprint density at radius 3 is 1.14 bits per heavy atom. The van der Waals surface area contributed by atoms with Gasteiger partial charge in [0.25, 0.3) is 0 Å². The number of hydrogen-bond donors (Lipinski definition) is 0. The first-order chi connectivity index (χ1) is 39.2. The van der Waals surface area contributed by atoms with Crippen LogP contribution in [0.1, 0.15) is 0 Å². The molecule has 2 aromatic heterocycles. The fourth-order valence-electron chi connectivity index (χ4n) is 12.1. The van der Waals surface area contributed by atoms with E-state index in [1.165, 1.54) is 93.3 Å². The molecule has 0 fully saturated rings. The third kappa shape index (κ3) is 8.16. The number of fused-ring (bicyclic) bond motifs is 7. The van der Waals surface area contributed by atoms with Crippen LogP contribution in [0.25, 0.3) is 121 Å². The standard InChI is InChI=1S/C76H51N3/c1-2-23-62(24-3-1)78-73-31-9-8-29-71(73)72-47-40-60(51-76(72)78)58-20-12-18-56(48-58)52-34-41-63(42-35-52)77(64-43-36-53(37-44-64)57-19-13-22-61(49-57)68-30-15-17-55-16-4-5-26-67(55)68)65-45-38-54(39-46-65)59-21-14-25-66(50-59)79-74-32-10-6-27-69(74)70-28-7-11-33-75(70)79/h1-51H. The number of nitrogens with zero attached hydrogens (tertiary/aromatic N) is 3. The molecular weight excluding hydrogens is 955 g/mol. The molecule has 79 heavy (non-hydrogen) atoms. The predicted molar refractivity (Wildman–Crippen MR) is 334 cm³/mol. The van der Waals surface area contributed by atoms with Gasteiger partial charge in [0.15, 0.2) is 0 Å². The maximum Gasteiger partial charge on any atom is 0.0547 e. The van der Waals surface area contributed by atoms with Crippen molar-refractivity contribution < 1.29 is 0 Å². The number of aromatic nitrogens is 2. The van der Waals surface area contributed by atoms with E-state index < -0.39 is 0 Å². The van der Waals surface area contributed by atoms with Gasteiger partial charge in [-0.25, -0.2) is 0 Å². The molecule has 0 aliphatic rings. The van der Waals surface area contributed by atoms with Crippen LogP contribution in [0.5, 0.6) is 0 Å². The summed E-state index contributed by atoms with van der Waals surface area (Å²) in [5.41, 5.74) is 22.1. The van der Waals surface area contributed by atoms with Crippen molar-refractivity contribution in [2.45, 2.75) is 0 Å². The molecule has 15 aromatic rings. The smallest absolute Gasteiger partial charge is 0.0547 e. The monoisotopic (exact) mass is 1010 g/mol. The molecule has 15 rings (SSSR count). The van der Waals surface area contributed by atoms with Gasteiger partial charge in [-0.3, -0.25) is 0 Å². The highest BCUT2D eigenvalue weighted by Gasteiger charge is 2.18. The van der Waals surface area contributed by atoms with Crippen LogP contribution >= 0.6 is 0 Å². The van der Waals surface area contributed by atoms with Gasteiger partial charge < -0.3 is 14.0 Å². The van der Waals surface area contributed by atoms with E-state index in [2.05, 4.69) is 323 Å². The zero-order valence-corrected chi connectivity index (χ0v) is 43.3. The van der Waals surface area contributed by atoms with Crippen molar-refractivity contribution in [3.05, 3.63) is 309 Å². The van der Waals surface area contributed by atoms with Crippen molar-refractivity contribution >= 4 is 71.4 Å². The molecule has 0 saturated heterocycles. The largest absolute Gasteiger partial charge is 0.311 e. The second-order valence-corrected chi connectivity index (χ2v) is 20.5. The van der Waals surface area contributed by atoms with Gasteiger partial charge in [0, 0.05) is 50.0 Å². The number of anilines is 3. The van der Waals surface area contributed by atoms with Gasteiger partial charge in [-0.2, -0.15) is 0 Å². The quantitative estimate of drug-likeness (QED) is 0.133. The summed E-state index contributed by atoms with van der Waals surface area (Å²) in [4.78, 5) is 2.37. The van der Waals surface area contributed by atoms with Gasteiger partial charge in [0.1, 0.15) is 0 Å². The SMILES string of the molecule is c1ccc(-n2c3ccccc3c3ccc(-c4cccc(-c5ccc(N(c6ccc(-c7cccc(-c8cccc9ccccc89)c7)cc6)c6ccc(-c7cccc(-n8c9ccccc9c9ccccc98)c7)cc6)cc5)c4)cc32)cc1. The van der Waals surface area contributed by atoms with E-state index in [4.69, 9.17) is 0 Å². The predicted octanol–water partition coefficient (Wildman–Crippen LogP) is 20.8. The summed E-state index contributed by atoms with van der Waals surface area (Å²) in [6.45, 7) is 0. The van der Waals surface area contributed by atoms with Crippen molar-refractivity contribution in [2.24, 2.45) is 0 Å². The average molecular weight is 1010 g/mol. The van der Waals surface area contributed by atoms with Gasteiger partial charge in [-0.15, -0.1) is 0 Å². The highest BCUT2D eigenvalue weighted by Crippen LogP contribution is 2.41. The molecule has 0 aliphatic heterocycles. The van der Waals surface area contributed by atoms with E-state index in [1.54, 1.807) is 0 Å². The summed E-state index contributed by atoms with van der Waals surface area (Å²) < 4.78 is 4.78. The van der Waals surface area contributed by atoms with E-state index in [-0.39, 0.29) is 0 Å². The average Bonchev–Trinajstić information content (AvgIpc) is 4.07. The zero-order chi connectivity index (χ0) is 52.2. The molecule has 0 amide bonds. The molecule has 0 atom stereocenters. The molecule has 0 N–H and O–H groups in total. The summed E-state index contributed by atoms with van der Waals surface area (Å²) in [5.74, 6) is 0. The number of rotatable bonds is 10. The zero-order valence-electron chi connectivity index (χ0n) is 43.3. The summed E-state index contributed by atoms with van der Waals surface area (Å²) in [6, 6.07) is 113. The molecule has 3 nitrogen and oxygen atoms in total. The minimum absolute atomic E-state index is 1.07. The molecule has 370 valence electrons. The van der Waals surface area contributed by atoms with E-state index in [1.807, 2.05) is 0 Å². The molecule has 2 heterocycles. The van der Waals surface area contributed by atoms with Crippen LogP contribution in [0.4, 0.5) is 17.1 Å². The second kappa shape index (κ2) is 19.3. The van der Waals surface area contributed by atoms with Crippen LogP contribution in [0.3, 0.4) is 0 Å². The number of benzene rings is 13. The summed E-state index contributed by atoms with van der Waals surface area (Å²) in [5, 5.41) is 7.53. The van der Waals surface area contributed by atoms with E-state index in [0.29, 0.717) is 0 Å². The molecular formula is C76H51N3. The first-order valence-electron chi connectivity index (χ1n) is 27.1. The Morgan fingerprint density at radius 1 is 0.203 bits per heavy atom. The minimum atomic E-state index is 1.07. The Kier molecular flexibility index (Phi) is 11.2. The highest BCUT2D eigenvalue weighted by atomic mass is 15.1. The molecule has 13 aromatic carbocycles. The molecule has 0 radical (unpaired) electrons. The van der Waals surface area contributed by atoms with E-state index >= 15 is 0 Å². The van der Waals surface area contributed by atoms with Crippen molar-refractivity contribution in [1.29, 1.82) is 0 Å². The van der Waals surface area contributed by atoms with Crippen LogP contribution in [0, 0.1) is 0 Å². The Hall–Kier alpha value is -10.5. The first-order valence-corrected chi connectivity index (χ1v) is 27.1. The van der Waals surface area contributed by atoms with Crippen LogP contribution in [0.2, 0.25) is 0 Å². The summed E-state index contributed by atoms with van der Waals surface area (Å²) in [7, 11) is 0. The van der Waals surface area contributed by atoms with Gasteiger partial charge in [0.05, 0.1) is 22.1 Å². The molecule has 3 heteroatoms.